The first kappa shape index (κ1) is 17.8. The number of amides is 1. The van der Waals surface area contributed by atoms with Crippen molar-refractivity contribution in [2.75, 3.05) is 31.1 Å². The van der Waals surface area contributed by atoms with E-state index in [2.05, 4.69) is 42.6 Å². The summed E-state index contributed by atoms with van der Waals surface area (Å²) in [6.45, 7) is 2.71. The molecule has 146 valence electrons. The molecule has 4 heterocycles. The summed E-state index contributed by atoms with van der Waals surface area (Å²) < 4.78 is 2.13. The molecule has 0 unspecified atom stereocenters. The fourth-order valence-electron chi connectivity index (χ4n) is 3.71. The molecular formula is C21H20N6OS. The molecule has 3 aromatic heterocycles. The molecule has 5 rings (SSSR count). The van der Waals surface area contributed by atoms with Crippen LogP contribution in [0.3, 0.4) is 0 Å². The third-order valence-corrected chi connectivity index (χ3v) is 6.16. The van der Waals surface area contributed by atoms with E-state index in [9.17, 15) is 4.79 Å². The number of para-hydroxylation sites is 1. The molecule has 0 saturated carbocycles. The average molecular weight is 404 g/mol. The number of rotatable bonds is 3. The third kappa shape index (κ3) is 3.25. The predicted octanol–water partition coefficient (Wildman–Crippen LogP) is 3.05. The first-order chi connectivity index (χ1) is 14.2. The van der Waals surface area contributed by atoms with Gasteiger partial charge in [-0.1, -0.05) is 18.2 Å². The van der Waals surface area contributed by atoms with Gasteiger partial charge in [-0.2, -0.15) is 0 Å². The van der Waals surface area contributed by atoms with Gasteiger partial charge < -0.3 is 14.4 Å². The molecule has 29 heavy (non-hydrogen) atoms. The number of aromatic nitrogens is 4. The molecule has 7 nitrogen and oxygen atoms in total. The first-order valence-electron chi connectivity index (χ1n) is 9.52. The number of fused-ring (bicyclic) bond motifs is 1. The van der Waals surface area contributed by atoms with Crippen LogP contribution in [0.1, 0.15) is 10.5 Å². The zero-order valence-electron chi connectivity index (χ0n) is 16.0. The molecule has 8 heteroatoms. The van der Waals surface area contributed by atoms with Gasteiger partial charge in [-0.3, -0.25) is 4.79 Å². The summed E-state index contributed by atoms with van der Waals surface area (Å²) in [5.74, 6) is 0.700. The number of hydrogen-bond acceptors (Lipinski definition) is 6. The minimum absolute atomic E-state index is 0.0140. The Morgan fingerprint density at radius 2 is 1.79 bits per heavy atom. The molecule has 0 radical (unpaired) electrons. The number of anilines is 1. The van der Waals surface area contributed by atoms with Gasteiger partial charge in [0.25, 0.3) is 5.91 Å². The Balaban J connectivity index is 1.32. The van der Waals surface area contributed by atoms with E-state index in [1.807, 2.05) is 29.5 Å². The van der Waals surface area contributed by atoms with Crippen molar-refractivity contribution < 1.29 is 4.79 Å². The van der Waals surface area contributed by atoms with Crippen molar-refractivity contribution in [2.24, 2.45) is 7.05 Å². The Bertz CT molecular complexity index is 1160. The van der Waals surface area contributed by atoms with E-state index in [0.717, 1.165) is 29.3 Å². The molecule has 4 aromatic rings. The van der Waals surface area contributed by atoms with Crippen LogP contribution in [-0.2, 0) is 7.05 Å². The summed E-state index contributed by atoms with van der Waals surface area (Å²) in [5, 5.41) is 3.90. The highest BCUT2D eigenvalue weighted by molar-refractivity contribution is 7.13. The summed E-state index contributed by atoms with van der Waals surface area (Å²) in [4.78, 5) is 30.2. The zero-order valence-corrected chi connectivity index (χ0v) is 16.8. The highest BCUT2D eigenvalue weighted by atomic mass is 32.1. The minimum Gasteiger partial charge on any atom is -0.342 e. The van der Waals surface area contributed by atoms with Gasteiger partial charge in [0.2, 0.25) is 5.95 Å². The molecule has 1 aliphatic heterocycles. The second-order valence-electron chi connectivity index (χ2n) is 7.01. The van der Waals surface area contributed by atoms with Gasteiger partial charge in [0, 0.05) is 61.9 Å². The molecule has 0 spiro atoms. The second kappa shape index (κ2) is 7.29. The van der Waals surface area contributed by atoms with Gasteiger partial charge in [-0.05, 0) is 18.2 Å². The van der Waals surface area contributed by atoms with Gasteiger partial charge in [0.15, 0.2) is 0 Å². The van der Waals surface area contributed by atoms with Gasteiger partial charge >= 0.3 is 0 Å². The lowest BCUT2D eigenvalue weighted by Crippen LogP contribution is -2.49. The van der Waals surface area contributed by atoms with E-state index in [1.54, 1.807) is 18.5 Å². The van der Waals surface area contributed by atoms with Crippen LogP contribution >= 0.6 is 11.3 Å². The van der Waals surface area contributed by atoms with Crippen LogP contribution < -0.4 is 4.90 Å². The molecule has 0 aliphatic carbocycles. The SMILES string of the molecule is Cn1c(-c2nc(C(=O)N3CCN(c4ncccn4)CC3)cs2)cc2ccccc21. The standard InChI is InChI=1S/C21H20N6OS/c1-25-17-6-3-2-5-15(17)13-18(25)19-24-16(14-29-19)20(28)26-9-11-27(12-10-26)21-22-7-4-8-23-21/h2-8,13-14H,9-12H2,1H3. The summed E-state index contributed by atoms with van der Waals surface area (Å²) in [5.41, 5.74) is 2.70. The molecule has 0 N–H and O–H groups in total. The van der Waals surface area contributed by atoms with Crippen molar-refractivity contribution in [3.8, 4) is 10.7 Å². The molecule has 0 atom stereocenters. The average Bonchev–Trinajstić information content (AvgIpc) is 3.39. The Morgan fingerprint density at radius 1 is 1.03 bits per heavy atom. The van der Waals surface area contributed by atoms with Crippen molar-refractivity contribution >= 4 is 34.1 Å². The maximum atomic E-state index is 13.0. The predicted molar refractivity (Wildman–Crippen MR) is 114 cm³/mol. The lowest BCUT2D eigenvalue weighted by molar-refractivity contribution is 0.0741. The van der Waals surface area contributed by atoms with Crippen molar-refractivity contribution in [1.82, 2.24) is 24.4 Å². The third-order valence-electron chi connectivity index (χ3n) is 5.30. The van der Waals surface area contributed by atoms with Crippen LogP contribution in [0.5, 0.6) is 0 Å². The fourth-order valence-corrected chi connectivity index (χ4v) is 4.55. The van der Waals surface area contributed by atoms with Crippen molar-refractivity contribution in [2.45, 2.75) is 0 Å². The Morgan fingerprint density at radius 3 is 2.55 bits per heavy atom. The van der Waals surface area contributed by atoms with Crippen molar-refractivity contribution in [1.29, 1.82) is 0 Å². The van der Waals surface area contributed by atoms with Crippen LogP contribution in [0, 0.1) is 0 Å². The molecule has 1 aliphatic rings. The number of aryl methyl sites for hydroxylation is 1. The Labute approximate surface area is 172 Å². The second-order valence-corrected chi connectivity index (χ2v) is 7.87. The van der Waals surface area contributed by atoms with Crippen LogP contribution in [-0.4, -0.2) is 56.5 Å². The van der Waals surface area contributed by atoms with Crippen molar-refractivity contribution in [3.63, 3.8) is 0 Å². The highest BCUT2D eigenvalue weighted by Gasteiger charge is 2.25. The summed E-state index contributed by atoms with van der Waals surface area (Å²) >= 11 is 1.51. The summed E-state index contributed by atoms with van der Waals surface area (Å²) in [6.07, 6.45) is 3.48. The molecule has 1 fully saturated rings. The maximum absolute atomic E-state index is 13.0. The number of nitrogens with zero attached hydrogens (tertiary/aromatic N) is 6. The monoisotopic (exact) mass is 404 g/mol. The van der Waals surface area contributed by atoms with E-state index in [4.69, 9.17) is 0 Å². The molecular weight excluding hydrogens is 384 g/mol. The highest BCUT2D eigenvalue weighted by Crippen LogP contribution is 2.29. The molecule has 1 amide bonds. The largest absolute Gasteiger partial charge is 0.342 e. The van der Waals surface area contributed by atoms with E-state index in [0.29, 0.717) is 24.7 Å². The number of carbonyl (C=O) groups is 1. The number of hydrogen-bond donors (Lipinski definition) is 0. The quantitative estimate of drug-likeness (QED) is 0.525. The van der Waals surface area contributed by atoms with E-state index >= 15 is 0 Å². The van der Waals surface area contributed by atoms with E-state index in [1.165, 1.54) is 16.7 Å². The Kier molecular flexibility index (Phi) is 4.48. The normalized spacial score (nSPS) is 14.5. The molecule has 1 aromatic carbocycles. The van der Waals surface area contributed by atoms with Crippen molar-refractivity contribution in [3.05, 3.63) is 59.9 Å². The number of benzene rings is 1. The van der Waals surface area contributed by atoms with Crippen LogP contribution in [0.2, 0.25) is 0 Å². The van der Waals surface area contributed by atoms with Crippen LogP contribution in [0.25, 0.3) is 21.6 Å². The fraction of sp³-hybridized carbons (Fsp3) is 0.238. The number of piperazine rings is 1. The molecule has 1 saturated heterocycles. The van der Waals surface area contributed by atoms with Crippen LogP contribution in [0.15, 0.2) is 54.2 Å². The number of carbonyl (C=O) groups excluding carboxylic acids is 1. The smallest absolute Gasteiger partial charge is 0.273 e. The number of thiazole rings is 1. The van der Waals surface area contributed by atoms with Crippen LogP contribution in [0.4, 0.5) is 5.95 Å². The Hall–Kier alpha value is -3.26. The zero-order chi connectivity index (χ0) is 19.8. The van der Waals surface area contributed by atoms with Gasteiger partial charge in [-0.25, -0.2) is 15.0 Å². The van der Waals surface area contributed by atoms with E-state index in [-0.39, 0.29) is 5.91 Å². The first-order valence-corrected chi connectivity index (χ1v) is 10.4. The minimum atomic E-state index is -0.0140. The summed E-state index contributed by atoms with van der Waals surface area (Å²) in [6, 6.07) is 12.2. The topological polar surface area (TPSA) is 67.2 Å². The summed E-state index contributed by atoms with van der Waals surface area (Å²) in [7, 11) is 2.03. The molecule has 0 bridgehead atoms. The van der Waals surface area contributed by atoms with Gasteiger partial charge in [0.05, 0.1) is 5.69 Å². The maximum Gasteiger partial charge on any atom is 0.273 e. The lowest BCUT2D eigenvalue weighted by Gasteiger charge is -2.34. The van der Waals surface area contributed by atoms with E-state index < -0.39 is 0 Å². The van der Waals surface area contributed by atoms with Gasteiger partial charge in [0.1, 0.15) is 10.7 Å². The lowest BCUT2D eigenvalue weighted by atomic mass is 10.2. The van der Waals surface area contributed by atoms with Gasteiger partial charge in [-0.15, -0.1) is 11.3 Å².